The van der Waals surface area contributed by atoms with Crippen LogP contribution in [-0.2, 0) is 29.6 Å². The van der Waals surface area contributed by atoms with Gasteiger partial charge in [0, 0.05) is 11.9 Å². The number of aryl methyl sites for hydroxylation is 2. The Bertz CT molecular complexity index is 1080. The van der Waals surface area contributed by atoms with Gasteiger partial charge in [-0.05, 0) is 31.0 Å². The van der Waals surface area contributed by atoms with E-state index in [1.54, 1.807) is 10.6 Å². The van der Waals surface area contributed by atoms with Gasteiger partial charge in [0.05, 0.1) is 18.4 Å². The zero-order valence-corrected chi connectivity index (χ0v) is 19.4. The summed E-state index contributed by atoms with van der Waals surface area (Å²) >= 11 is 2.64. The molecule has 2 aromatic heterocycles. The molecule has 0 aliphatic heterocycles. The summed E-state index contributed by atoms with van der Waals surface area (Å²) in [5.41, 5.74) is 1.42. The van der Waals surface area contributed by atoms with E-state index in [1.807, 2.05) is 45.2 Å². The maximum absolute atomic E-state index is 12.5. The van der Waals surface area contributed by atoms with Crippen molar-refractivity contribution in [2.75, 3.05) is 18.2 Å². The minimum absolute atomic E-state index is 0.130. The van der Waals surface area contributed by atoms with Gasteiger partial charge in [-0.3, -0.25) is 4.79 Å². The highest BCUT2D eigenvalue weighted by Gasteiger charge is 2.19. The number of thioether (sulfide) groups is 1. The lowest BCUT2D eigenvalue weighted by atomic mass is 10.2. The molecule has 8 nitrogen and oxygen atoms in total. The average Bonchev–Trinajstić information content (AvgIpc) is 3.34. The van der Waals surface area contributed by atoms with Gasteiger partial charge in [-0.25, -0.2) is 4.79 Å². The van der Waals surface area contributed by atoms with Crippen LogP contribution in [0.5, 0.6) is 5.75 Å². The third kappa shape index (κ3) is 5.65. The fourth-order valence-electron chi connectivity index (χ4n) is 2.72. The van der Waals surface area contributed by atoms with Crippen LogP contribution in [0.1, 0.15) is 33.5 Å². The molecule has 1 amide bonds. The number of hydrogen-bond acceptors (Lipinski definition) is 8. The lowest BCUT2D eigenvalue weighted by Crippen LogP contribution is -2.16. The molecule has 0 saturated carbocycles. The number of nitrogens with zero attached hydrogens (tertiary/aromatic N) is 3. The molecule has 1 N–H and O–H groups in total. The van der Waals surface area contributed by atoms with Crippen LogP contribution in [0.3, 0.4) is 0 Å². The number of methoxy groups -OCH3 is 1. The SMILES string of the molecule is CCc1cc(C(=O)OC)c(NC(=O)CSc2nnc(COc3ccccc3C)n2C)s1. The van der Waals surface area contributed by atoms with Crippen molar-refractivity contribution in [3.05, 3.63) is 52.2 Å². The quantitative estimate of drug-likeness (QED) is 0.383. The van der Waals surface area contributed by atoms with E-state index in [2.05, 4.69) is 15.5 Å². The van der Waals surface area contributed by atoms with Crippen molar-refractivity contribution in [1.82, 2.24) is 14.8 Å². The Labute approximate surface area is 189 Å². The third-order valence-corrected chi connectivity index (χ3v) is 6.71. The first kappa shape index (κ1) is 22.8. The topological polar surface area (TPSA) is 95.3 Å². The second kappa shape index (κ2) is 10.5. The molecular formula is C21H24N4O4S2. The number of anilines is 1. The molecule has 3 rings (SSSR count). The van der Waals surface area contributed by atoms with E-state index in [-0.39, 0.29) is 18.3 Å². The number of rotatable bonds is 9. The minimum atomic E-state index is -0.467. The highest BCUT2D eigenvalue weighted by molar-refractivity contribution is 7.99. The van der Waals surface area contributed by atoms with Crippen LogP contribution in [0.4, 0.5) is 5.00 Å². The van der Waals surface area contributed by atoms with E-state index in [9.17, 15) is 9.59 Å². The first-order valence-corrected chi connectivity index (χ1v) is 11.4. The zero-order chi connectivity index (χ0) is 22.4. The molecule has 0 radical (unpaired) electrons. The maximum Gasteiger partial charge on any atom is 0.340 e. The van der Waals surface area contributed by atoms with Crippen LogP contribution in [0.25, 0.3) is 0 Å². The number of benzene rings is 1. The van der Waals surface area contributed by atoms with Crippen molar-refractivity contribution >= 4 is 40.0 Å². The molecular weight excluding hydrogens is 436 g/mol. The zero-order valence-electron chi connectivity index (χ0n) is 17.8. The van der Waals surface area contributed by atoms with Gasteiger partial charge < -0.3 is 19.4 Å². The van der Waals surface area contributed by atoms with E-state index in [0.29, 0.717) is 21.5 Å². The van der Waals surface area contributed by atoms with Crippen molar-refractivity contribution < 1.29 is 19.1 Å². The lowest BCUT2D eigenvalue weighted by molar-refractivity contribution is -0.113. The van der Waals surface area contributed by atoms with Crippen LogP contribution in [0.2, 0.25) is 0 Å². The van der Waals surface area contributed by atoms with Crippen molar-refractivity contribution in [1.29, 1.82) is 0 Å². The predicted molar refractivity (Wildman–Crippen MR) is 121 cm³/mol. The number of esters is 1. The van der Waals surface area contributed by atoms with Gasteiger partial charge in [-0.15, -0.1) is 21.5 Å². The maximum atomic E-state index is 12.5. The molecule has 0 aliphatic carbocycles. The Morgan fingerprint density at radius 2 is 2.03 bits per heavy atom. The molecule has 0 bridgehead atoms. The molecule has 31 heavy (non-hydrogen) atoms. The minimum Gasteiger partial charge on any atom is -0.485 e. The number of aromatic nitrogens is 3. The second-order valence-electron chi connectivity index (χ2n) is 6.65. The van der Waals surface area contributed by atoms with E-state index >= 15 is 0 Å². The molecule has 0 spiro atoms. The van der Waals surface area contributed by atoms with Crippen molar-refractivity contribution in [2.45, 2.75) is 32.0 Å². The number of nitrogens with one attached hydrogen (secondary N) is 1. The molecule has 2 heterocycles. The van der Waals surface area contributed by atoms with Gasteiger partial charge >= 0.3 is 5.97 Å². The monoisotopic (exact) mass is 460 g/mol. The van der Waals surface area contributed by atoms with E-state index < -0.39 is 5.97 Å². The molecule has 0 aliphatic rings. The number of carbonyl (C=O) groups excluding carboxylic acids is 2. The van der Waals surface area contributed by atoms with Gasteiger partial charge in [-0.2, -0.15) is 0 Å². The summed E-state index contributed by atoms with van der Waals surface area (Å²) in [4.78, 5) is 25.4. The highest BCUT2D eigenvalue weighted by Crippen LogP contribution is 2.29. The molecule has 0 atom stereocenters. The van der Waals surface area contributed by atoms with Crippen LogP contribution >= 0.6 is 23.1 Å². The fraction of sp³-hybridized carbons (Fsp3) is 0.333. The predicted octanol–water partition coefficient (Wildman–Crippen LogP) is 3.84. The fourth-order valence-corrected chi connectivity index (χ4v) is 4.45. The van der Waals surface area contributed by atoms with Crippen LogP contribution < -0.4 is 10.1 Å². The molecule has 164 valence electrons. The van der Waals surface area contributed by atoms with Crippen molar-refractivity contribution in [3.63, 3.8) is 0 Å². The standard InChI is InChI=1S/C21H24N4O4S2/c1-5-14-10-15(20(27)28-4)19(31-14)22-18(26)12-30-21-24-23-17(25(21)3)11-29-16-9-7-6-8-13(16)2/h6-10H,5,11-12H2,1-4H3,(H,22,26). The molecule has 0 unspecified atom stereocenters. The Morgan fingerprint density at radius 1 is 1.26 bits per heavy atom. The Hall–Kier alpha value is -2.85. The van der Waals surface area contributed by atoms with Gasteiger partial charge in [0.2, 0.25) is 5.91 Å². The highest BCUT2D eigenvalue weighted by atomic mass is 32.2. The van der Waals surface area contributed by atoms with Crippen molar-refractivity contribution in [3.8, 4) is 5.75 Å². The van der Waals surface area contributed by atoms with E-state index in [1.165, 1.54) is 30.2 Å². The van der Waals surface area contributed by atoms with Crippen LogP contribution in [-0.4, -0.2) is 39.5 Å². The number of hydrogen-bond donors (Lipinski definition) is 1. The molecule has 10 heteroatoms. The molecule has 3 aromatic rings. The Balaban J connectivity index is 1.58. The Kier molecular flexibility index (Phi) is 7.69. The van der Waals surface area contributed by atoms with E-state index in [4.69, 9.17) is 9.47 Å². The number of ether oxygens (including phenoxy) is 2. The number of thiophene rings is 1. The number of amides is 1. The Morgan fingerprint density at radius 3 is 2.74 bits per heavy atom. The summed E-state index contributed by atoms with van der Waals surface area (Å²) < 4.78 is 12.4. The average molecular weight is 461 g/mol. The normalized spacial score (nSPS) is 10.7. The van der Waals surface area contributed by atoms with Crippen molar-refractivity contribution in [2.24, 2.45) is 7.05 Å². The van der Waals surface area contributed by atoms with Gasteiger partial charge in [0.1, 0.15) is 17.4 Å². The van der Waals surface area contributed by atoms with Crippen LogP contribution in [0.15, 0.2) is 35.5 Å². The van der Waals surface area contributed by atoms with Crippen LogP contribution in [0, 0.1) is 6.92 Å². The summed E-state index contributed by atoms with van der Waals surface area (Å²) in [6, 6.07) is 9.51. The summed E-state index contributed by atoms with van der Waals surface area (Å²) in [5.74, 6) is 0.878. The second-order valence-corrected chi connectivity index (χ2v) is 8.73. The third-order valence-electron chi connectivity index (χ3n) is 4.50. The summed E-state index contributed by atoms with van der Waals surface area (Å²) in [6.07, 6.45) is 0.769. The van der Waals surface area contributed by atoms with E-state index in [0.717, 1.165) is 22.6 Å². The summed E-state index contributed by atoms with van der Waals surface area (Å²) in [5, 5.41) is 12.2. The van der Waals surface area contributed by atoms with Gasteiger partial charge in [0.25, 0.3) is 0 Å². The summed E-state index contributed by atoms with van der Waals surface area (Å²) in [7, 11) is 3.15. The first-order chi connectivity index (χ1) is 14.9. The summed E-state index contributed by atoms with van der Waals surface area (Å²) in [6.45, 7) is 4.25. The van der Waals surface area contributed by atoms with Gasteiger partial charge in [0.15, 0.2) is 11.0 Å². The smallest absolute Gasteiger partial charge is 0.340 e. The molecule has 0 saturated heterocycles. The molecule has 0 fully saturated rings. The first-order valence-electron chi connectivity index (χ1n) is 9.63. The largest absolute Gasteiger partial charge is 0.485 e. The number of carbonyl (C=O) groups is 2. The lowest BCUT2D eigenvalue weighted by Gasteiger charge is -2.08. The number of para-hydroxylation sites is 1. The molecule has 1 aromatic carbocycles. The van der Waals surface area contributed by atoms with Gasteiger partial charge in [-0.1, -0.05) is 36.9 Å².